The summed E-state index contributed by atoms with van der Waals surface area (Å²) in [4.78, 5) is 36.4. The Balaban J connectivity index is 2.27. The highest BCUT2D eigenvalue weighted by Gasteiger charge is 2.51. The Morgan fingerprint density at radius 3 is 2.69 bits per heavy atom. The number of carbonyl (C=O) groups is 3. The first-order valence-corrected chi connectivity index (χ1v) is 8.72. The molecular formula is C19H25NO6. The van der Waals surface area contributed by atoms with Gasteiger partial charge in [0.15, 0.2) is 0 Å². The smallest absolute Gasteiger partial charge is 0.343 e. The third-order valence-electron chi connectivity index (χ3n) is 4.54. The fraction of sp³-hybridized carbons (Fsp3) is 0.526. The van der Waals surface area contributed by atoms with Gasteiger partial charge in [0.1, 0.15) is 5.75 Å². The second-order valence-corrected chi connectivity index (χ2v) is 6.71. The largest absolute Gasteiger partial charge is 0.493 e. The van der Waals surface area contributed by atoms with Crippen LogP contribution in [-0.2, 0) is 25.5 Å². The van der Waals surface area contributed by atoms with E-state index in [1.807, 2.05) is 31.2 Å². The van der Waals surface area contributed by atoms with E-state index >= 15 is 0 Å². The number of esters is 1. The van der Waals surface area contributed by atoms with Gasteiger partial charge in [0.05, 0.1) is 12.7 Å². The summed E-state index contributed by atoms with van der Waals surface area (Å²) >= 11 is 0. The van der Waals surface area contributed by atoms with Gasteiger partial charge in [-0.05, 0) is 37.8 Å². The average molecular weight is 363 g/mol. The Hall–Kier alpha value is -2.57. The predicted octanol–water partition coefficient (Wildman–Crippen LogP) is 1.93. The maximum atomic E-state index is 12.7. The van der Waals surface area contributed by atoms with E-state index in [9.17, 15) is 19.5 Å². The van der Waals surface area contributed by atoms with E-state index in [0.717, 1.165) is 11.3 Å². The van der Waals surface area contributed by atoms with Crippen LogP contribution in [0.2, 0.25) is 0 Å². The third-order valence-corrected chi connectivity index (χ3v) is 4.54. The van der Waals surface area contributed by atoms with Gasteiger partial charge in [-0.15, -0.1) is 0 Å². The number of amides is 1. The lowest BCUT2D eigenvalue weighted by atomic mass is 9.83. The summed E-state index contributed by atoms with van der Waals surface area (Å²) in [5, 5.41) is 12.1. The number of carboxylic acids is 1. The number of benzene rings is 1. The Morgan fingerprint density at radius 1 is 1.38 bits per heavy atom. The minimum absolute atomic E-state index is 0.106. The molecule has 1 heterocycles. The van der Waals surface area contributed by atoms with Crippen LogP contribution in [0.5, 0.6) is 5.75 Å². The molecule has 0 saturated heterocycles. The van der Waals surface area contributed by atoms with Crippen molar-refractivity contribution in [2.75, 3.05) is 6.61 Å². The van der Waals surface area contributed by atoms with Crippen molar-refractivity contribution in [2.24, 2.45) is 5.92 Å². The van der Waals surface area contributed by atoms with Crippen LogP contribution in [0.15, 0.2) is 24.3 Å². The van der Waals surface area contributed by atoms with Crippen LogP contribution in [0.1, 0.15) is 39.2 Å². The zero-order chi connectivity index (χ0) is 19.3. The van der Waals surface area contributed by atoms with E-state index < -0.39 is 29.5 Å². The summed E-state index contributed by atoms with van der Waals surface area (Å²) in [5.74, 6) is -2.48. The van der Waals surface area contributed by atoms with Crippen LogP contribution in [0.3, 0.4) is 0 Å². The van der Waals surface area contributed by atoms with Gasteiger partial charge in [-0.1, -0.05) is 25.1 Å². The SMILES string of the molecule is CCC(C)OC(=O)C(CC1COc2ccccc2C1)(NC(C)=O)C(=O)O. The summed E-state index contributed by atoms with van der Waals surface area (Å²) in [6.07, 6.45) is 0.548. The van der Waals surface area contributed by atoms with Crippen LogP contribution in [0.25, 0.3) is 0 Å². The van der Waals surface area contributed by atoms with Crippen molar-refractivity contribution in [3.05, 3.63) is 29.8 Å². The van der Waals surface area contributed by atoms with Crippen molar-refractivity contribution in [2.45, 2.75) is 51.7 Å². The van der Waals surface area contributed by atoms with Crippen molar-refractivity contribution in [3.63, 3.8) is 0 Å². The maximum absolute atomic E-state index is 12.7. The highest BCUT2D eigenvalue weighted by molar-refractivity contribution is 6.07. The number of nitrogens with one attached hydrogen (secondary N) is 1. The normalized spacial score (nSPS) is 19.3. The number of carbonyl (C=O) groups excluding carboxylic acids is 2. The Kier molecular flexibility index (Phi) is 6.23. The number of ether oxygens (including phenoxy) is 2. The summed E-state index contributed by atoms with van der Waals surface area (Å²) in [7, 11) is 0. The molecule has 1 amide bonds. The molecule has 3 atom stereocenters. The first kappa shape index (κ1) is 19.8. The second kappa shape index (κ2) is 8.21. The van der Waals surface area contributed by atoms with E-state index in [1.54, 1.807) is 6.92 Å². The maximum Gasteiger partial charge on any atom is 0.343 e. The van der Waals surface area contributed by atoms with Crippen molar-refractivity contribution < 1.29 is 29.0 Å². The lowest BCUT2D eigenvalue weighted by Crippen LogP contribution is -2.62. The highest BCUT2D eigenvalue weighted by atomic mass is 16.5. The molecule has 1 aromatic carbocycles. The number of hydrogen-bond donors (Lipinski definition) is 2. The van der Waals surface area contributed by atoms with Crippen LogP contribution in [0.4, 0.5) is 0 Å². The van der Waals surface area contributed by atoms with Gasteiger partial charge in [0.2, 0.25) is 11.4 Å². The molecule has 2 rings (SSSR count). The highest BCUT2D eigenvalue weighted by Crippen LogP contribution is 2.32. The zero-order valence-corrected chi connectivity index (χ0v) is 15.3. The first-order valence-electron chi connectivity index (χ1n) is 8.72. The molecule has 0 fully saturated rings. The number of carboxylic acid groups (broad SMARTS) is 1. The molecule has 2 N–H and O–H groups in total. The van der Waals surface area contributed by atoms with Crippen molar-refractivity contribution in [1.29, 1.82) is 0 Å². The Labute approximate surface area is 152 Å². The summed E-state index contributed by atoms with van der Waals surface area (Å²) in [6, 6.07) is 7.49. The number of aliphatic carboxylic acids is 1. The third kappa shape index (κ3) is 4.33. The first-order chi connectivity index (χ1) is 12.3. The van der Waals surface area contributed by atoms with Crippen molar-refractivity contribution in [1.82, 2.24) is 5.32 Å². The standard InChI is InChI=1S/C19H25NO6/c1-4-12(2)26-18(24)19(17(22)23,20-13(3)21)10-14-9-15-7-5-6-8-16(15)25-11-14/h5-8,12,14H,4,9-11H2,1-3H3,(H,20,21)(H,22,23). The minimum atomic E-state index is -2.13. The number of para-hydroxylation sites is 1. The van der Waals surface area contributed by atoms with Crippen molar-refractivity contribution in [3.8, 4) is 5.75 Å². The molecular weight excluding hydrogens is 338 g/mol. The number of rotatable bonds is 7. The molecule has 0 saturated carbocycles. The quantitative estimate of drug-likeness (QED) is 0.567. The molecule has 0 aliphatic carbocycles. The van der Waals surface area contributed by atoms with Gasteiger partial charge in [-0.3, -0.25) is 4.79 Å². The number of fused-ring (bicyclic) bond motifs is 1. The molecule has 1 aromatic rings. The fourth-order valence-electron chi connectivity index (χ4n) is 3.04. The van der Waals surface area contributed by atoms with Gasteiger partial charge >= 0.3 is 11.9 Å². The lowest BCUT2D eigenvalue weighted by Gasteiger charge is -2.34. The minimum Gasteiger partial charge on any atom is -0.493 e. The van der Waals surface area contributed by atoms with Gasteiger partial charge in [-0.2, -0.15) is 0 Å². The average Bonchev–Trinajstić information content (AvgIpc) is 2.60. The summed E-state index contributed by atoms with van der Waals surface area (Å²) in [5.41, 5.74) is -1.18. The van der Waals surface area contributed by atoms with E-state index in [2.05, 4.69) is 5.32 Å². The van der Waals surface area contributed by atoms with E-state index in [-0.39, 0.29) is 18.9 Å². The summed E-state index contributed by atoms with van der Waals surface area (Å²) < 4.78 is 11.0. The topological polar surface area (TPSA) is 102 Å². The molecule has 7 heteroatoms. The molecule has 7 nitrogen and oxygen atoms in total. The molecule has 0 bridgehead atoms. The molecule has 0 radical (unpaired) electrons. The molecule has 0 spiro atoms. The molecule has 1 aliphatic rings. The van der Waals surface area contributed by atoms with Gasteiger partial charge in [0.25, 0.3) is 0 Å². The van der Waals surface area contributed by atoms with Crippen LogP contribution in [0, 0.1) is 5.92 Å². The van der Waals surface area contributed by atoms with Gasteiger partial charge < -0.3 is 19.9 Å². The zero-order valence-electron chi connectivity index (χ0n) is 15.3. The molecule has 26 heavy (non-hydrogen) atoms. The van der Waals surface area contributed by atoms with Gasteiger partial charge in [0, 0.05) is 12.8 Å². The summed E-state index contributed by atoms with van der Waals surface area (Å²) in [6.45, 7) is 4.95. The van der Waals surface area contributed by atoms with Crippen LogP contribution < -0.4 is 10.1 Å². The Morgan fingerprint density at radius 2 is 2.08 bits per heavy atom. The molecule has 142 valence electrons. The van der Waals surface area contributed by atoms with Crippen molar-refractivity contribution >= 4 is 17.8 Å². The van der Waals surface area contributed by atoms with Crippen LogP contribution >= 0.6 is 0 Å². The lowest BCUT2D eigenvalue weighted by molar-refractivity contribution is -0.169. The molecule has 3 unspecified atom stereocenters. The van der Waals surface area contributed by atoms with E-state index in [0.29, 0.717) is 12.8 Å². The van der Waals surface area contributed by atoms with Gasteiger partial charge in [-0.25, -0.2) is 9.59 Å². The molecule has 1 aliphatic heterocycles. The number of hydrogen-bond acceptors (Lipinski definition) is 5. The fourth-order valence-corrected chi connectivity index (χ4v) is 3.04. The van der Waals surface area contributed by atoms with Crippen LogP contribution in [-0.4, -0.2) is 41.2 Å². The predicted molar refractivity (Wildman–Crippen MR) is 93.8 cm³/mol. The monoisotopic (exact) mass is 363 g/mol. The van der Waals surface area contributed by atoms with E-state index in [1.165, 1.54) is 6.92 Å². The molecule has 0 aromatic heterocycles. The van der Waals surface area contributed by atoms with E-state index in [4.69, 9.17) is 9.47 Å². The second-order valence-electron chi connectivity index (χ2n) is 6.71. The Bertz CT molecular complexity index is 688.